The minimum absolute atomic E-state index is 0.583. The lowest BCUT2D eigenvalue weighted by Crippen LogP contribution is -2.40. The molecule has 2 aromatic heterocycles. The predicted octanol–water partition coefficient (Wildman–Crippen LogP) is 0.593. The fourth-order valence-corrected chi connectivity index (χ4v) is 1.80. The topological polar surface area (TPSA) is 76.1 Å². The van der Waals surface area contributed by atoms with Gasteiger partial charge in [0.2, 0.25) is 5.95 Å². The zero-order valence-electron chi connectivity index (χ0n) is 10.4. The van der Waals surface area contributed by atoms with E-state index in [0.717, 1.165) is 37.6 Å². The Hall–Kier alpha value is -2.12. The Balaban J connectivity index is 1.68. The minimum atomic E-state index is 0.583. The van der Waals surface area contributed by atoms with Crippen LogP contribution in [0, 0.1) is 0 Å². The fourth-order valence-electron chi connectivity index (χ4n) is 1.80. The van der Waals surface area contributed by atoms with Crippen LogP contribution in [-0.4, -0.2) is 51.2 Å². The smallest absolute Gasteiger partial charge is 0.237 e. The molecule has 0 aromatic carbocycles. The van der Waals surface area contributed by atoms with E-state index in [2.05, 4.69) is 25.4 Å². The second-order valence-corrected chi connectivity index (χ2v) is 4.10. The third-order valence-corrected chi connectivity index (χ3v) is 2.80. The molecule has 0 amide bonds. The maximum atomic E-state index is 5.28. The molecular formula is C12H14N6O. The van der Waals surface area contributed by atoms with E-state index < -0.39 is 0 Å². The average Bonchev–Trinajstić information content (AvgIpc) is 2.50. The van der Waals surface area contributed by atoms with Crippen molar-refractivity contribution in [3.8, 4) is 11.3 Å². The van der Waals surface area contributed by atoms with Gasteiger partial charge in [-0.05, 0) is 6.07 Å². The van der Waals surface area contributed by atoms with Crippen molar-refractivity contribution in [2.24, 2.45) is 0 Å². The Labute approximate surface area is 110 Å². The van der Waals surface area contributed by atoms with Crippen LogP contribution in [0.5, 0.6) is 0 Å². The van der Waals surface area contributed by atoms with Crippen molar-refractivity contribution in [3.63, 3.8) is 0 Å². The molecule has 1 saturated heterocycles. The minimum Gasteiger partial charge on any atom is -0.379 e. The third-order valence-electron chi connectivity index (χ3n) is 2.80. The lowest BCUT2D eigenvalue weighted by atomic mass is 10.2. The molecule has 7 heteroatoms. The van der Waals surface area contributed by atoms with E-state index in [0.29, 0.717) is 5.95 Å². The van der Waals surface area contributed by atoms with Crippen LogP contribution in [0.1, 0.15) is 0 Å². The summed E-state index contributed by atoms with van der Waals surface area (Å²) in [6.45, 7) is 3.12. The van der Waals surface area contributed by atoms with Gasteiger partial charge in [-0.25, -0.2) is 24.9 Å². The van der Waals surface area contributed by atoms with Gasteiger partial charge in [0.05, 0.1) is 18.9 Å². The third kappa shape index (κ3) is 3.01. The number of ether oxygens (including phenoxy) is 1. The maximum absolute atomic E-state index is 5.28. The van der Waals surface area contributed by atoms with Crippen molar-refractivity contribution in [2.45, 2.75) is 0 Å². The van der Waals surface area contributed by atoms with Crippen molar-refractivity contribution in [3.05, 3.63) is 31.0 Å². The van der Waals surface area contributed by atoms with Crippen molar-refractivity contribution < 1.29 is 4.74 Å². The first-order chi connectivity index (χ1) is 9.42. The lowest BCUT2D eigenvalue weighted by molar-refractivity contribution is 0.0492. The summed E-state index contributed by atoms with van der Waals surface area (Å²) in [5.41, 5.74) is 4.84. The summed E-state index contributed by atoms with van der Waals surface area (Å²) in [5, 5.41) is 2.04. The molecule has 0 bridgehead atoms. The Morgan fingerprint density at radius 2 is 1.89 bits per heavy atom. The number of hydrogen-bond donors (Lipinski definition) is 1. The molecule has 2 aromatic rings. The van der Waals surface area contributed by atoms with Crippen molar-refractivity contribution in [1.29, 1.82) is 0 Å². The van der Waals surface area contributed by atoms with E-state index in [4.69, 9.17) is 4.74 Å². The van der Waals surface area contributed by atoms with Gasteiger partial charge in [-0.2, -0.15) is 0 Å². The summed E-state index contributed by atoms with van der Waals surface area (Å²) in [4.78, 5) is 16.6. The van der Waals surface area contributed by atoms with Gasteiger partial charge in [0.1, 0.15) is 6.33 Å². The second-order valence-electron chi connectivity index (χ2n) is 4.10. The summed E-state index contributed by atoms with van der Waals surface area (Å²) in [6.07, 6.45) is 6.70. The van der Waals surface area contributed by atoms with E-state index in [9.17, 15) is 0 Å². The number of rotatable bonds is 3. The van der Waals surface area contributed by atoms with E-state index in [1.54, 1.807) is 18.6 Å². The average molecular weight is 258 g/mol. The number of nitrogens with zero attached hydrogens (tertiary/aromatic N) is 5. The van der Waals surface area contributed by atoms with Crippen molar-refractivity contribution in [2.75, 3.05) is 31.7 Å². The highest BCUT2D eigenvalue weighted by Gasteiger charge is 2.11. The number of hydrazine groups is 1. The Morgan fingerprint density at radius 1 is 1.11 bits per heavy atom. The number of anilines is 1. The molecule has 7 nitrogen and oxygen atoms in total. The second kappa shape index (κ2) is 5.68. The normalized spacial score (nSPS) is 16.2. The van der Waals surface area contributed by atoms with Crippen molar-refractivity contribution in [1.82, 2.24) is 24.9 Å². The van der Waals surface area contributed by atoms with Gasteiger partial charge in [-0.1, -0.05) is 0 Å². The van der Waals surface area contributed by atoms with Gasteiger partial charge in [0.15, 0.2) is 0 Å². The van der Waals surface area contributed by atoms with Crippen LogP contribution < -0.4 is 5.43 Å². The van der Waals surface area contributed by atoms with Crippen LogP contribution in [0.25, 0.3) is 11.3 Å². The molecule has 98 valence electrons. The first-order valence-corrected chi connectivity index (χ1v) is 6.09. The molecule has 0 unspecified atom stereocenters. The molecule has 0 saturated carbocycles. The number of nitrogens with one attached hydrogen (secondary N) is 1. The van der Waals surface area contributed by atoms with Gasteiger partial charge in [-0.15, -0.1) is 0 Å². The fraction of sp³-hybridized carbons (Fsp3) is 0.333. The van der Waals surface area contributed by atoms with Crippen LogP contribution in [0.4, 0.5) is 5.95 Å². The van der Waals surface area contributed by atoms with Gasteiger partial charge in [0, 0.05) is 37.2 Å². The molecule has 0 aliphatic carbocycles. The zero-order valence-corrected chi connectivity index (χ0v) is 10.4. The van der Waals surface area contributed by atoms with E-state index >= 15 is 0 Å². The first kappa shape index (κ1) is 11.9. The first-order valence-electron chi connectivity index (χ1n) is 6.09. The summed E-state index contributed by atoms with van der Waals surface area (Å²) in [7, 11) is 0. The molecule has 1 aliphatic rings. The monoisotopic (exact) mass is 258 g/mol. The van der Waals surface area contributed by atoms with Crippen LogP contribution in [0.2, 0.25) is 0 Å². The Bertz CT molecular complexity index is 512. The van der Waals surface area contributed by atoms with Crippen LogP contribution in [0.3, 0.4) is 0 Å². The standard InChI is InChI=1S/C12H14N6O/c1-2-13-9-16-11(1)10-7-14-12(15-8-10)17-18-3-5-19-6-4-18/h1-2,7-9H,3-6H2,(H,14,15,17). The SMILES string of the molecule is c1cc(-c2cnc(NN3CCOCC3)nc2)ncn1. The summed E-state index contributed by atoms with van der Waals surface area (Å²) in [5.74, 6) is 0.583. The molecule has 0 spiro atoms. The highest BCUT2D eigenvalue weighted by atomic mass is 16.5. The highest BCUT2D eigenvalue weighted by Crippen LogP contribution is 2.14. The summed E-state index contributed by atoms with van der Waals surface area (Å²) < 4.78 is 5.28. The summed E-state index contributed by atoms with van der Waals surface area (Å²) >= 11 is 0. The number of aromatic nitrogens is 4. The summed E-state index contributed by atoms with van der Waals surface area (Å²) in [6, 6.07) is 1.83. The molecule has 1 fully saturated rings. The van der Waals surface area contributed by atoms with Crippen LogP contribution in [0.15, 0.2) is 31.0 Å². The largest absolute Gasteiger partial charge is 0.379 e. The quantitative estimate of drug-likeness (QED) is 0.863. The highest BCUT2D eigenvalue weighted by molar-refractivity contribution is 5.56. The molecule has 3 heterocycles. The van der Waals surface area contributed by atoms with E-state index in [-0.39, 0.29) is 0 Å². The van der Waals surface area contributed by atoms with Gasteiger partial charge in [-0.3, -0.25) is 5.43 Å². The molecule has 1 aliphatic heterocycles. The van der Waals surface area contributed by atoms with E-state index in [1.807, 2.05) is 11.1 Å². The van der Waals surface area contributed by atoms with Crippen LogP contribution in [-0.2, 0) is 4.74 Å². The van der Waals surface area contributed by atoms with Gasteiger partial charge in [0.25, 0.3) is 0 Å². The van der Waals surface area contributed by atoms with Crippen molar-refractivity contribution >= 4 is 5.95 Å². The molecule has 19 heavy (non-hydrogen) atoms. The number of morpholine rings is 1. The van der Waals surface area contributed by atoms with Gasteiger partial charge >= 0.3 is 0 Å². The Kier molecular flexibility index (Phi) is 3.57. The molecule has 0 radical (unpaired) electrons. The molecular weight excluding hydrogens is 244 g/mol. The zero-order chi connectivity index (χ0) is 12.9. The lowest BCUT2D eigenvalue weighted by Gasteiger charge is -2.26. The predicted molar refractivity (Wildman–Crippen MR) is 69.1 cm³/mol. The molecule has 1 N–H and O–H groups in total. The van der Waals surface area contributed by atoms with Gasteiger partial charge < -0.3 is 4.74 Å². The van der Waals surface area contributed by atoms with E-state index in [1.165, 1.54) is 6.33 Å². The molecule has 3 rings (SSSR count). The number of hydrogen-bond acceptors (Lipinski definition) is 7. The molecule has 0 atom stereocenters. The maximum Gasteiger partial charge on any atom is 0.237 e. The van der Waals surface area contributed by atoms with Crippen LogP contribution >= 0.6 is 0 Å². The Morgan fingerprint density at radius 3 is 2.58 bits per heavy atom.